The van der Waals surface area contributed by atoms with E-state index in [0.717, 1.165) is 0 Å². The van der Waals surface area contributed by atoms with Crippen LogP contribution in [0.4, 0.5) is 0 Å². The molecule has 14 heteroatoms. The number of unbranched alkanes of at least 4 members (excludes halogenated alkanes) is 1. The van der Waals surface area contributed by atoms with Gasteiger partial charge in [-0.1, -0.05) is 13.8 Å². The Morgan fingerprint density at radius 1 is 0.794 bits per heavy atom. The average Bonchev–Trinajstić information content (AvgIpc) is 2.77. The molecule has 194 valence electrons. The Hall–Kier alpha value is -3.26. The first-order valence-electron chi connectivity index (χ1n) is 10.9. The third kappa shape index (κ3) is 13.3. The molecular weight excluding hydrogens is 452 g/mol. The summed E-state index contributed by atoms with van der Waals surface area (Å²) in [6.07, 6.45) is 0.674. The average molecular weight is 489 g/mol. The van der Waals surface area contributed by atoms with Crippen molar-refractivity contribution in [2.75, 3.05) is 19.6 Å². The van der Waals surface area contributed by atoms with Crippen molar-refractivity contribution in [3.05, 3.63) is 0 Å². The highest BCUT2D eigenvalue weighted by atomic mass is 16.4. The van der Waals surface area contributed by atoms with E-state index in [4.69, 9.17) is 21.7 Å². The van der Waals surface area contributed by atoms with E-state index in [1.54, 1.807) is 13.8 Å². The molecular formula is C20H36N6O8. The fourth-order valence-corrected chi connectivity index (χ4v) is 2.63. The van der Waals surface area contributed by atoms with E-state index in [1.807, 2.05) is 0 Å². The third-order valence-electron chi connectivity index (χ3n) is 4.75. The predicted octanol–water partition coefficient (Wildman–Crippen LogP) is -2.75. The molecule has 0 saturated carbocycles. The van der Waals surface area contributed by atoms with Crippen LogP contribution in [0.15, 0.2) is 0 Å². The second-order valence-electron chi connectivity index (χ2n) is 8.00. The predicted molar refractivity (Wildman–Crippen MR) is 120 cm³/mol. The Bertz CT molecular complexity index is 730. The molecule has 0 rings (SSSR count). The minimum absolute atomic E-state index is 0.187. The highest BCUT2D eigenvalue weighted by Gasteiger charge is 2.26. The molecule has 0 saturated heterocycles. The van der Waals surface area contributed by atoms with Gasteiger partial charge in [-0.25, -0.2) is 4.79 Å². The number of hydrogen-bond acceptors (Lipinski definition) is 8. The minimum atomic E-state index is -1.23. The zero-order chi connectivity index (χ0) is 26.3. The summed E-state index contributed by atoms with van der Waals surface area (Å²) in [5.74, 6) is -5.52. The van der Waals surface area contributed by atoms with Gasteiger partial charge in [0.25, 0.3) is 0 Å². The number of carboxylic acids is 2. The number of aliphatic carboxylic acids is 2. The lowest BCUT2D eigenvalue weighted by molar-refractivity contribution is -0.142. The van der Waals surface area contributed by atoms with Crippen LogP contribution >= 0.6 is 0 Å². The van der Waals surface area contributed by atoms with Gasteiger partial charge in [0.1, 0.15) is 12.1 Å². The van der Waals surface area contributed by atoms with Crippen molar-refractivity contribution in [2.24, 2.45) is 17.4 Å². The van der Waals surface area contributed by atoms with Crippen molar-refractivity contribution < 1.29 is 39.0 Å². The summed E-state index contributed by atoms with van der Waals surface area (Å²) < 4.78 is 0. The van der Waals surface area contributed by atoms with Gasteiger partial charge >= 0.3 is 11.9 Å². The molecule has 0 spiro atoms. The first-order valence-corrected chi connectivity index (χ1v) is 10.9. The summed E-state index contributed by atoms with van der Waals surface area (Å²) >= 11 is 0. The molecule has 14 nitrogen and oxygen atoms in total. The zero-order valence-corrected chi connectivity index (χ0v) is 19.5. The van der Waals surface area contributed by atoms with E-state index < -0.39 is 73.2 Å². The number of nitrogens with one attached hydrogen (secondary N) is 4. The number of amides is 4. The van der Waals surface area contributed by atoms with Crippen LogP contribution in [0.1, 0.15) is 46.0 Å². The van der Waals surface area contributed by atoms with Gasteiger partial charge in [0.2, 0.25) is 23.6 Å². The number of carbonyl (C=O) groups is 6. The van der Waals surface area contributed by atoms with Crippen LogP contribution in [-0.2, 0) is 28.8 Å². The Morgan fingerprint density at radius 2 is 1.41 bits per heavy atom. The number of carbonyl (C=O) groups excluding carboxylic acids is 4. The topological polar surface area (TPSA) is 243 Å². The lowest BCUT2D eigenvalue weighted by Gasteiger charge is -2.21. The first-order chi connectivity index (χ1) is 15.9. The maximum absolute atomic E-state index is 12.4. The van der Waals surface area contributed by atoms with Crippen LogP contribution in [0.2, 0.25) is 0 Å². The molecule has 0 unspecified atom stereocenters. The molecule has 0 aliphatic carbocycles. The van der Waals surface area contributed by atoms with Crippen LogP contribution in [0.5, 0.6) is 0 Å². The molecule has 0 aliphatic heterocycles. The fraction of sp³-hybridized carbons (Fsp3) is 0.700. The molecule has 0 aliphatic rings. The number of carboxylic acid groups (broad SMARTS) is 2. The number of nitrogens with two attached hydrogens (primary N) is 2. The van der Waals surface area contributed by atoms with Crippen molar-refractivity contribution in [2.45, 2.75) is 64.1 Å². The molecule has 0 fully saturated rings. The van der Waals surface area contributed by atoms with Crippen LogP contribution in [0.25, 0.3) is 0 Å². The maximum atomic E-state index is 12.4. The molecule has 3 atom stereocenters. The van der Waals surface area contributed by atoms with E-state index in [0.29, 0.717) is 19.4 Å². The molecule has 0 aromatic rings. The molecule has 0 heterocycles. The van der Waals surface area contributed by atoms with Gasteiger partial charge in [-0.2, -0.15) is 0 Å². The summed E-state index contributed by atoms with van der Waals surface area (Å²) in [5, 5.41) is 27.2. The first kappa shape index (κ1) is 30.7. The van der Waals surface area contributed by atoms with Crippen molar-refractivity contribution in [3.63, 3.8) is 0 Å². The van der Waals surface area contributed by atoms with Gasteiger partial charge in [-0.3, -0.25) is 24.0 Å². The number of hydrogen-bond donors (Lipinski definition) is 8. The summed E-state index contributed by atoms with van der Waals surface area (Å²) in [7, 11) is 0. The maximum Gasteiger partial charge on any atom is 0.326 e. The highest BCUT2D eigenvalue weighted by Crippen LogP contribution is 2.03. The molecule has 10 N–H and O–H groups in total. The molecule has 0 aromatic heterocycles. The largest absolute Gasteiger partial charge is 0.481 e. The zero-order valence-electron chi connectivity index (χ0n) is 19.5. The molecule has 0 bridgehead atoms. The Labute approximate surface area is 197 Å². The fourth-order valence-electron chi connectivity index (χ4n) is 2.63. The molecule has 4 amide bonds. The summed E-state index contributed by atoms with van der Waals surface area (Å²) in [5.41, 5.74) is 11.1. The normalized spacial score (nSPS) is 13.3. The van der Waals surface area contributed by atoms with Crippen molar-refractivity contribution in [1.82, 2.24) is 21.3 Å². The molecule has 34 heavy (non-hydrogen) atoms. The number of rotatable bonds is 17. The Kier molecular flexibility index (Phi) is 14.8. The van der Waals surface area contributed by atoms with E-state index in [2.05, 4.69) is 21.3 Å². The minimum Gasteiger partial charge on any atom is -0.481 e. The lowest BCUT2D eigenvalue weighted by Crippen LogP contribution is -2.54. The van der Waals surface area contributed by atoms with Crippen molar-refractivity contribution in [1.29, 1.82) is 0 Å². The van der Waals surface area contributed by atoms with Gasteiger partial charge in [0, 0.05) is 6.42 Å². The molecule has 0 radical (unpaired) electrons. The van der Waals surface area contributed by atoms with Gasteiger partial charge in [0.05, 0.1) is 19.1 Å². The Morgan fingerprint density at radius 3 is 1.94 bits per heavy atom. The Balaban J connectivity index is 4.68. The van der Waals surface area contributed by atoms with Crippen LogP contribution in [0, 0.1) is 5.92 Å². The summed E-state index contributed by atoms with van der Waals surface area (Å²) in [4.78, 5) is 70.4. The van der Waals surface area contributed by atoms with Crippen molar-refractivity contribution in [3.8, 4) is 0 Å². The smallest absolute Gasteiger partial charge is 0.326 e. The van der Waals surface area contributed by atoms with Crippen LogP contribution in [0.3, 0.4) is 0 Å². The van der Waals surface area contributed by atoms with Gasteiger partial charge in [-0.05, 0) is 38.1 Å². The van der Waals surface area contributed by atoms with E-state index in [1.165, 1.54) is 0 Å². The van der Waals surface area contributed by atoms with Crippen LogP contribution < -0.4 is 32.7 Å². The lowest BCUT2D eigenvalue weighted by atomic mass is 10.0. The summed E-state index contributed by atoms with van der Waals surface area (Å²) in [6.45, 7) is 2.73. The highest BCUT2D eigenvalue weighted by molar-refractivity contribution is 5.93. The second kappa shape index (κ2) is 16.4. The van der Waals surface area contributed by atoms with Crippen molar-refractivity contribution >= 4 is 35.6 Å². The monoisotopic (exact) mass is 488 g/mol. The quantitative estimate of drug-likeness (QED) is 0.0981. The van der Waals surface area contributed by atoms with E-state index in [-0.39, 0.29) is 18.8 Å². The standard InChI is InChI=1S/C20H36N6O8/c1-11(2)17(22)19(32)26-12(6-7-16(29)30)18(31)24-9-14(27)23-10-15(28)25-13(20(33)34)5-3-4-8-21/h11-13,17H,3-10,21-22H2,1-2H3,(H,23,27)(H,24,31)(H,25,28)(H,26,32)(H,29,30)(H,33,34)/t12-,13-,17-/m0/s1. The van der Waals surface area contributed by atoms with Gasteiger partial charge < -0.3 is 42.9 Å². The summed E-state index contributed by atoms with van der Waals surface area (Å²) in [6, 6.07) is -3.26. The second-order valence-corrected chi connectivity index (χ2v) is 8.00. The molecule has 0 aromatic carbocycles. The van der Waals surface area contributed by atoms with E-state index in [9.17, 15) is 28.8 Å². The van der Waals surface area contributed by atoms with Gasteiger partial charge in [0.15, 0.2) is 0 Å². The van der Waals surface area contributed by atoms with Crippen LogP contribution in [-0.4, -0.2) is 83.5 Å². The SMILES string of the molecule is CC(C)[C@H](N)C(=O)N[C@@H](CCC(=O)O)C(=O)NCC(=O)NCC(=O)N[C@@H](CCCCN)C(=O)O. The van der Waals surface area contributed by atoms with Gasteiger partial charge in [-0.15, -0.1) is 0 Å². The van der Waals surface area contributed by atoms with E-state index >= 15 is 0 Å². The third-order valence-corrected chi connectivity index (χ3v) is 4.75.